The van der Waals surface area contributed by atoms with Crippen molar-refractivity contribution in [3.63, 3.8) is 0 Å². The summed E-state index contributed by atoms with van der Waals surface area (Å²) in [4.78, 5) is 0. The summed E-state index contributed by atoms with van der Waals surface area (Å²) in [5.74, 6) is 0.178. The Kier molecular flexibility index (Phi) is 3.64. The molecule has 0 aliphatic carbocycles. The molecule has 0 aliphatic rings. The molecule has 3 nitrogen and oxygen atoms in total. The fourth-order valence-electron chi connectivity index (χ4n) is 2.12. The molecule has 0 fully saturated rings. The van der Waals surface area contributed by atoms with E-state index in [9.17, 15) is 0 Å². The van der Waals surface area contributed by atoms with E-state index in [4.69, 9.17) is 5.73 Å². The SMILES string of the molecule is Cc1cc(C(CN)c2ccccc2Br)n(C)n1. The molecule has 1 aromatic heterocycles. The number of rotatable bonds is 3. The highest BCUT2D eigenvalue weighted by molar-refractivity contribution is 9.10. The molecule has 0 aliphatic heterocycles. The minimum absolute atomic E-state index is 0.178. The largest absolute Gasteiger partial charge is 0.329 e. The van der Waals surface area contributed by atoms with Crippen molar-refractivity contribution in [1.29, 1.82) is 0 Å². The van der Waals surface area contributed by atoms with Gasteiger partial charge in [-0.05, 0) is 24.6 Å². The normalized spacial score (nSPS) is 12.7. The predicted molar refractivity (Wildman–Crippen MR) is 73.0 cm³/mol. The first kappa shape index (κ1) is 12.3. The van der Waals surface area contributed by atoms with Crippen LogP contribution in [0.5, 0.6) is 0 Å². The van der Waals surface area contributed by atoms with E-state index >= 15 is 0 Å². The highest BCUT2D eigenvalue weighted by Crippen LogP contribution is 2.29. The number of halogens is 1. The lowest BCUT2D eigenvalue weighted by atomic mass is 9.95. The van der Waals surface area contributed by atoms with Crippen LogP contribution in [-0.4, -0.2) is 16.3 Å². The number of nitrogens with two attached hydrogens (primary N) is 1. The molecule has 0 spiro atoms. The van der Waals surface area contributed by atoms with Crippen molar-refractivity contribution in [1.82, 2.24) is 9.78 Å². The molecule has 2 aromatic rings. The molecule has 0 radical (unpaired) electrons. The van der Waals surface area contributed by atoms with Crippen LogP contribution in [0.15, 0.2) is 34.8 Å². The van der Waals surface area contributed by atoms with Gasteiger partial charge in [0.1, 0.15) is 0 Å². The van der Waals surface area contributed by atoms with Gasteiger partial charge in [-0.3, -0.25) is 4.68 Å². The predicted octanol–water partition coefficient (Wildman–Crippen LogP) is 2.58. The van der Waals surface area contributed by atoms with Crippen LogP contribution in [0.4, 0.5) is 0 Å². The average molecular weight is 294 g/mol. The zero-order valence-electron chi connectivity index (χ0n) is 10.0. The molecule has 2 N–H and O–H groups in total. The minimum Gasteiger partial charge on any atom is -0.329 e. The van der Waals surface area contributed by atoms with Crippen LogP contribution in [-0.2, 0) is 7.05 Å². The molecule has 1 unspecified atom stereocenters. The van der Waals surface area contributed by atoms with Gasteiger partial charge in [0, 0.05) is 29.7 Å². The van der Waals surface area contributed by atoms with Crippen LogP contribution in [0.25, 0.3) is 0 Å². The minimum atomic E-state index is 0.178. The Morgan fingerprint density at radius 2 is 2.12 bits per heavy atom. The third kappa shape index (κ3) is 2.42. The van der Waals surface area contributed by atoms with Crippen LogP contribution < -0.4 is 5.73 Å². The number of benzene rings is 1. The van der Waals surface area contributed by atoms with Gasteiger partial charge in [0.25, 0.3) is 0 Å². The summed E-state index contributed by atoms with van der Waals surface area (Å²) in [5.41, 5.74) is 9.30. The summed E-state index contributed by atoms with van der Waals surface area (Å²) >= 11 is 3.58. The molecule has 0 saturated heterocycles. The van der Waals surface area contributed by atoms with Crippen LogP contribution in [0.1, 0.15) is 22.9 Å². The Hall–Kier alpha value is -1.13. The first-order valence-corrected chi connectivity index (χ1v) is 6.37. The van der Waals surface area contributed by atoms with Gasteiger partial charge in [-0.1, -0.05) is 34.1 Å². The molecular weight excluding hydrogens is 278 g/mol. The molecule has 1 aromatic carbocycles. The van der Waals surface area contributed by atoms with Crippen molar-refractivity contribution >= 4 is 15.9 Å². The summed E-state index contributed by atoms with van der Waals surface area (Å²) in [6.45, 7) is 2.57. The smallest absolute Gasteiger partial charge is 0.0596 e. The highest BCUT2D eigenvalue weighted by Gasteiger charge is 2.18. The number of hydrogen-bond donors (Lipinski definition) is 1. The summed E-state index contributed by atoms with van der Waals surface area (Å²) in [5, 5.41) is 4.38. The fourth-order valence-corrected chi connectivity index (χ4v) is 2.68. The maximum Gasteiger partial charge on any atom is 0.0596 e. The maximum absolute atomic E-state index is 5.92. The van der Waals surface area contributed by atoms with E-state index in [1.807, 2.05) is 36.9 Å². The number of nitrogens with zero attached hydrogens (tertiary/aromatic N) is 2. The van der Waals surface area contributed by atoms with Crippen molar-refractivity contribution < 1.29 is 0 Å². The Morgan fingerprint density at radius 1 is 1.41 bits per heavy atom. The maximum atomic E-state index is 5.92. The van der Waals surface area contributed by atoms with Crippen molar-refractivity contribution in [2.24, 2.45) is 12.8 Å². The van der Waals surface area contributed by atoms with Crippen LogP contribution in [0, 0.1) is 6.92 Å². The van der Waals surface area contributed by atoms with Crippen molar-refractivity contribution in [3.05, 3.63) is 51.8 Å². The lowest BCUT2D eigenvalue weighted by Gasteiger charge is -2.17. The summed E-state index contributed by atoms with van der Waals surface area (Å²) in [6, 6.07) is 10.3. The quantitative estimate of drug-likeness (QED) is 0.945. The van der Waals surface area contributed by atoms with Gasteiger partial charge in [0.15, 0.2) is 0 Å². The molecular formula is C13H16BrN3. The first-order chi connectivity index (χ1) is 8.13. The zero-order valence-corrected chi connectivity index (χ0v) is 11.6. The van der Waals surface area contributed by atoms with Gasteiger partial charge < -0.3 is 5.73 Å². The lowest BCUT2D eigenvalue weighted by molar-refractivity contribution is 0.659. The summed E-state index contributed by atoms with van der Waals surface area (Å²) in [6.07, 6.45) is 0. The van der Waals surface area contributed by atoms with E-state index in [1.165, 1.54) is 5.56 Å². The van der Waals surface area contributed by atoms with Crippen molar-refractivity contribution in [2.45, 2.75) is 12.8 Å². The lowest BCUT2D eigenvalue weighted by Crippen LogP contribution is -2.17. The van der Waals surface area contributed by atoms with E-state index in [0.29, 0.717) is 6.54 Å². The molecule has 1 atom stereocenters. The molecule has 0 saturated carbocycles. The van der Waals surface area contributed by atoms with Crippen molar-refractivity contribution in [3.8, 4) is 0 Å². The molecule has 2 rings (SSSR count). The molecule has 1 heterocycles. The van der Waals surface area contributed by atoms with Crippen LogP contribution in [0.3, 0.4) is 0 Å². The number of aryl methyl sites for hydroxylation is 2. The second kappa shape index (κ2) is 5.02. The first-order valence-electron chi connectivity index (χ1n) is 5.58. The van der Waals surface area contributed by atoms with E-state index in [-0.39, 0.29) is 5.92 Å². The zero-order chi connectivity index (χ0) is 12.4. The average Bonchev–Trinajstić information content (AvgIpc) is 2.62. The Bertz CT molecular complexity index is 519. The topological polar surface area (TPSA) is 43.8 Å². The Labute approximate surface area is 110 Å². The molecule has 17 heavy (non-hydrogen) atoms. The fraction of sp³-hybridized carbons (Fsp3) is 0.308. The van der Waals surface area contributed by atoms with Crippen LogP contribution in [0.2, 0.25) is 0 Å². The number of hydrogen-bond acceptors (Lipinski definition) is 2. The van der Waals surface area contributed by atoms with E-state index in [1.54, 1.807) is 0 Å². The second-order valence-electron chi connectivity index (χ2n) is 4.14. The molecule has 0 amide bonds. The van der Waals surface area contributed by atoms with Gasteiger partial charge in [-0.25, -0.2) is 0 Å². The van der Waals surface area contributed by atoms with E-state index in [2.05, 4.69) is 33.2 Å². The van der Waals surface area contributed by atoms with Gasteiger partial charge in [-0.2, -0.15) is 5.10 Å². The standard InChI is InChI=1S/C13H16BrN3/c1-9-7-13(17(2)16-9)11(8-15)10-5-3-4-6-12(10)14/h3-7,11H,8,15H2,1-2H3. The molecule has 4 heteroatoms. The third-order valence-corrected chi connectivity index (χ3v) is 3.63. The Morgan fingerprint density at radius 3 is 2.65 bits per heavy atom. The van der Waals surface area contributed by atoms with E-state index < -0.39 is 0 Å². The summed E-state index contributed by atoms with van der Waals surface area (Å²) in [7, 11) is 1.96. The second-order valence-corrected chi connectivity index (χ2v) is 5.00. The van der Waals surface area contributed by atoms with Gasteiger partial charge in [0.05, 0.1) is 5.69 Å². The monoisotopic (exact) mass is 293 g/mol. The number of aromatic nitrogens is 2. The van der Waals surface area contributed by atoms with Gasteiger partial charge >= 0.3 is 0 Å². The van der Waals surface area contributed by atoms with Crippen molar-refractivity contribution in [2.75, 3.05) is 6.54 Å². The molecule has 90 valence electrons. The summed E-state index contributed by atoms with van der Waals surface area (Å²) < 4.78 is 3.00. The molecule has 0 bridgehead atoms. The third-order valence-electron chi connectivity index (χ3n) is 2.91. The van der Waals surface area contributed by atoms with Gasteiger partial charge in [-0.15, -0.1) is 0 Å². The van der Waals surface area contributed by atoms with E-state index in [0.717, 1.165) is 15.9 Å². The van der Waals surface area contributed by atoms with Crippen LogP contribution >= 0.6 is 15.9 Å². The highest BCUT2D eigenvalue weighted by atomic mass is 79.9. The Balaban J connectivity index is 2.47. The van der Waals surface area contributed by atoms with Gasteiger partial charge in [0.2, 0.25) is 0 Å².